The predicted molar refractivity (Wildman–Crippen MR) is 112 cm³/mol. The highest BCUT2D eigenvalue weighted by Crippen LogP contribution is 2.37. The number of nitrogens with one attached hydrogen (secondary N) is 1. The maximum Gasteiger partial charge on any atom is 0.239 e. The third-order valence-corrected chi connectivity index (χ3v) is 6.87. The van der Waals surface area contributed by atoms with Crippen molar-refractivity contribution in [2.75, 3.05) is 38.0 Å². The number of benzene rings is 1. The highest BCUT2D eigenvalue weighted by molar-refractivity contribution is 7.16. The van der Waals surface area contributed by atoms with Crippen molar-refractivity contribution in [2.24, 2.45) is 0 Å². The number of carbonyl (C=O) groups is 1. The Kier molecular flexibility index (Phi) is 6.24. The maximum atomic E-state index is 13.3. The van der Waals surface area contributed by atoms with Gasteiger partial charge in [-0.25, -0.2) is 4.39 Å². The summed E-state index contributed by atoms with van der Waals surface area (Å²) in [5.41, 5.74) is 2.78. The third kappa shape index (κ3) is 4.84. The van der Waals surface area contributed by atoms with Crippen LogP contribution in [0.1, 0.15) is 34.4 Å². The number of halogens is 1. The molecular weight excluding hydrogens is 387 g/mol. The smallest absolute Gasteiger partial charge is 0.239 e. The van der Waals surface area contributed by atoms with Gasteiger partial charge in [0.2, 0.25) is 5.91 Å². The Morgan fingerprint density at radius 1 is 1.17 bits per heavy atom. The van der Waals surface area contributed by atoms with E-state index in [4.69, 9.17) is 0 Å². The molecule has 1 amide bonds. The molecule has 29 heavy (non-hydrogen) atoms. The van der Waals surface area contributed by atoms with Gasteiger partial charge in [0.25, 0.3) is 0 Å². The van der Waals surface area contributed by atoms with Crippen LogP contribution in [0.5, 0.6) is 0 Å². The number of hydrogen-bond donors (Lipinski definition) is 1. The van der Waals surface area contributed by atoms with Gasteiger partial charge in [0.05, 0.1) is 12.1 Å². The van der Waals surface area contributed by atoms with E-state index in [0.717, 1.165) is 69.5 Å². The molecule has 0 saturated carbocycles. The normalized spacial score (nSPS) is 17.5. The Hall–Kier alpha value is -2.27. The summed E-state index contributed by atoms with van der Waals surface area (Å²) in [4.78, 5) is 18.2. The van der Waals surface area contributed by atoms with Gasteiger partial charge >= 0.3 is 0 Å². The Balaban J connectivity index is 1.28. The minimum absolute atomic E-state index is 0.0568. The first-order chi connectivity index (χ1) is 14.1. The van der Waals surface area contributed by atoms with Gasteiger partial charge in [0.15, 0.2) is 0 Å². The number of thiophene rings is 1. The molecule has 1 N–H and O–H groups in total. The highest BCUT2D eigenvalue weighted by atomic mass is 32.1. The first-order valence-corrected chi connectivity index (χ1v) is 11.0. The van der Waals surface area contributed by atoms with E-state index < -0.39 is 0 Å². The molecule has 152 valence electrons. The summed E-state index contributed by atoms with van der Waals surface area (Å²) in [5.74, 6) is -0.261. The van der Waals surface area contributed by atoms with Gasteiger partial charge < -0.3 is 5.32 Å². The Morgan fingerprint density at radius 2 is 1.93 bits per heavy atom. The second-order valence-electron chi connectivity index (χ2n) is 7.76. The van der Waals surface area contributed by atoms with Gasteiger partial charge in [-0.05, 0) is 48.9 Å². The molecule has 7 heteroatoms. The van der Waals surface area contributed by atoms with E-state index in [9.17, 15) is 14.4 Å². The molecule has 1 aliphatic heterocycles. The standard InChI is InChI=1S/C22H25FN4OS/c23-17-5-3-4-16(12-17)14-26-8-10-27(11-9-26)15-21(28)25-22-19(13-24)18-6-1-2-7-20(18)29-22/h3-5,12H,1-2,6-11,14-15H2,(H,25,28). The van der Waals surface area contributed by atoms with Crippen LogP contribution in [0.25, 0.3) is 0 Å². The predicted octanol–water partition coefficient (Wildman–Crippen LogP) is 3.39. The van der Waals surface area contributed by atoms with E-state index in [2.05, 4.69) is 21.2 Å². The van der Waals surface area contributed by atoms with Crippen molar-refractivity contribution in [3.8, 4) is 6.07 Å². The zero-order valence-corrected chi connectivity index (χ0v) is 17.2. The van der Waals surface area contributed by atoms with Crippen molar-refractivity contribution in [3.05, 3.63) is 51.7 Å². The Bertz CT molecular complexity index is 927. The summed E-state index contributed by atoms with van der Waals surface area (Å²) >= 11 is 1.57. The first-order valence-electron chi connectivity index (χ1n) is 10.2. The van der Waals surface area contributed by atoms with Crippen molar-refractivity contribution in [2.45, 2.75) is 32.2 Å². The molecule has 2 aliphatic rings. The van der Waals surface area contributed by atoms with Crippen LogP contribution in [0, 0.1) is 17.1 Å². The van der Waals surface area contributed by atoms with Gasteiger partial charge in [-0.3, -0.25) is 14.6 Å². The zero-order valence-electron chi connectivity index (χ0n) is 16.4. The lowest BCUT2D eigenvalue weighted by molar-refractivity contribution is -0.117. The number of aryl methyl sites for hydroxylation is 1. The maximum absolute atomic E-state index is 13.3. The second kappa shape index (κ2) is 9.04. The lowest BCUT2D eigenvalue weighted by atomic mass is 9.96. The van der Waals surface area contributed by atoms with Crippen LogP contribution in [-0.2, 0) is 24.2 Å². The average Bonchev–Trinajstić information content (AvgIpc) is 3.06. The molecule has 0 unspecified atom stereocenters. The number of amides is 1. The molecular formula is C22H25FN4OS. The van der Waals surface area contributed by atoms with E-state index in [1.165, 1.54) is 10.9 Å². The quantitative estimate of drug-likeness (QED) is 0.818. The fourth-order valence-electron chi connectivity index (χ4n) is 4.14. The zero-order chi connectivity index (χ0) is 20.2. The van der Waals surface area contributed by atoms with Crippen molar-refractivity contribution in [1.82, 2.24) is 9.80 Å². The highest BCUT2D eigenvalue weighted by Gasteiger charge is 2.23. The van der Waals surface area contributed by atoms with Gasteiger partial charge in [0, 0.05) is 37.6 Å². The van der Waals surface area contributed by atoms with Crippen molar-refractivity contribution >= 4 is 22.2 Å². The number of anilines is 1. The van der Waals surface area contributed by atoms with Crippen LogP contribution in [0.2, 0.25) is 0 Å². The molecule has 2 heterocycles. The lowest BCUT2D eigenvalue weighted by Crippen LogP contribution is -2.48. The van der Waals surface area contributed by atoms with E-state index >= 15 is 0 Å². The minimum Gasteiger partial charge on any atom is -0.315 e. The summed E-state index contributed by atoms with van der Waals surface area (Å²) in [5, 5.41) is 13.2. The van der Waals surface area contributed by atoms with E-state index in [1.54, 1.807) is 23.5 Å². The number of nitriles is 1. The van der Waals surface area contributed by atoms with Gasteiger partial charge in [-0.1, -0.05) is 12.1 Å². The molecule has 1 aliphatic carbocycles. The Morgan fingerprint density at radius 3 is 2.69 bits per heavy atom. The number of rotatable bonds is 5. The first kappa shape index (κ1) is 20.0. The summed E-state index contributed by atoms with van der Waals surface area (Å²) in [6, 6.07) is 9.01. The molecule has 5 nitrogen and oxygen atoms in total. The number of nitrogens with zero attached hydrogens (tertiary/aromatic N) is 3. The molecule has 1 saturated heterocycles. The summed E-state index contributed by atoms with van der Waals surface area (Å²) in [6.45, 7) is 4.36. The van der Waals surface area contributed by atoms with E-state index in [-0.39, 0.29) is 11.7 Å². The topological polar surface area (TPSA) is 59.4 Å². The molecule has 1 aromatic heterocycles. The van der Waals surface area contributed by atoms with Crippen molar-refractivity contribution in [3.63, 3.8) is 0 Å². The molecule has 4 rings (SSSR count). The molecule has 0 bridgehead atoms. The SMILES string of the molecule is N#Cc1c(NC(=O)CN2CCN(Cc3cccc(F)c3)CC2)sc2c1CCCC2. The van der Waals surface area contributed by atoms with Crippen LogP contribution in [0.4, 0.5) is 9.39 Å². The monoisotopic (exact) mass is 412 g/mol. The van der Waals surface area contributed by atoms with E-state index in [0.29, 0.717) is 17.1 Å². The Labute approximate surface area is 174 Å². The van der Waals surface area contributed by atoms with Crippen LogP contribution >= 0.6 is 11.3 Å². The third-order valence-electron chi connectivity index (χ3n) is 5.66. The molecule has 0 atom stereocenters. The molecule has 0 radical (unpaired) electrons. The molecule has 2 aromatic rings. The number of carbonyl (C=O) groups excluding carboxylic acids is 1. The minimum atomic E-state index is -0.204. The van der Waals surface area contributed by atoms with Crippen LogP contribution < -0.4 is 5.32 Å². The number of fused-ring (bicyclic) bond motifs is 1. The summed E-state index contributed by atoms with van der Waals surface area (Å²) in [7, 11) is 0. The lowest BCUT2D eigenvalue weighted by Gasteiger charge is -2.34. The number of hydrogen-bond acceptors (Lipinski definition) is 5. The molecule has 0 spiro atoms. The van der Waals surface area contributed by atoms with Gasteiger partial charge in [-0.15, -0.1) is 11.3 Å². The second-order valence-corrected chi connectivity index (χ2v) is 8.86. The molecule has 1 fully saturated rings. The fraction of sp³-hybridized carbons (Fsp3) is 0.455. The summed E-state index contributed by atoms with van der Waals surface area (Å²) < 4.78 is 13.3. The molecule has 1 aromatic carbocycles. The van der Waals surface area contributed by atoms with Gasteiger partial charge in [0.1, 0.15) is 16.9 Å². The number of piperazine rings is 1. The van der Waals surface area contributed by atoms with Crippen molar-refractivity contribution < 1.29 is 9.18 Å². The van der Waals surface area contributed by atoms with Crippen LogP contribution in [0.3, 0.4) is 0 Å². The van der Waals surface area contributed by atoms with Gasteiger partial charge in [-0.2, -0.15) is 5.26 Å². The van der Waals surface area contributed by atoms with Crippen LogP contribution in [-0.4, -0.2) is 48.4 Å². The largest absolute Gasteiger partial charge is 0.315 e. The van der Waals surface area contributed by atoms with Crippen LogP contribution in [0.15, 0.2) is 24.3 Å². The van der Waals surface area contributed by atoms with Crippen molar-refractivity contribution in [1.29, 1.82) is 5.26 Å². The fourth-order valence-corrected chi connectivity index (χ4v) is 5.40. The average molecular weight is 413 g/mol. The van der Waals surface area contributed by atoms with E-state index in [1.807, 2.05) is 6.07 Å². The summed E-state index contributed by atoms with van der Waals surface area (Å²) in [6.07, 6.45) is 4.23.